The minimum Gasteiger partial charge on any atom is -0.463 e. The van der Waals surface area contributed by atoms with Crippen molar-refractivity contribution in [3.63, 3.8) is 0 Å². The Morgan fingerprint density at radius 2 is 1.88 bits per heavy atom. The number of esters is 1. The van der Waals surface area contributed by atoms with Crippen LogP contribution in [-0.4, -0.2) is 78.5 Å². The van der Waals surface area contributed by atoms with Gasteiger partial charge in [0.25, 0.3) is 0 Å². The van der Waals surface area contributed by atoms with Gasteiger partial charge in [-0.2, -0.15) is 0 Å². The summed E-state index contributed by atoms with van der Waals surface area (Å²) >= 11 is 0. The molecule has 3 aliphatic rings. The normalized spacial score (nSPS) is 24.4. The molecule has 0 aromatic heterocycles. The molecule has 2 heterocycles. The first-order valence-electron chi connectivity index (χ1n) is 11.9. The number of hydrogen-bond acceptors (Lipinski definition) is 5. The van der Waals surface area contributed by atoms with Crippen molar-refractivity contribution in [2.24, 2.45) is 5.92 Å². The smallest absolute Gasteiger partial charge is 0.338 e. The first-order chi connectivity index (χ1) is 15.9. The van der Waals surface area contributed by atoms with Gasteiger partial charge in [-0.3, -0.25) is 14.6 Å². The molecule has 3 amide bonds. The predicted octanol–water partition coefficient (Wildman–Crippen LogP) is 2.53. The van der Waals surface area contributed by atoms with Crippen LogP contribution in [0.25, 0.3) is 0 Å². The number of nitrogens with one attached hydrogen (secondary N) is 1. The van der Waals surface area contributed by atoms with Gasteiger partial charge in [-0.25, -0.2) is 9.59 Å². The van der Waals surface area contributed by atoms with E-state index in [9.17, 15) is 14.4 Å². The largest absolute Gasteiger partial charge is 0.463 e. The van der Waals surface area contributed by atoms with Crippen molar-refractivity contribution in [1.29, 1.82) is 0 Å². The molecule has 1 saturated heterocycles. The van der Waals surface area contributed by atoms with Gasteiger partial charge >= 0.3 is 12.0 Å². The van der Waals surface area contributed by atoms with E-state index in [1.165, 1.54) is 4.90 Å². The lowest BCUT2D eigenvalue weighted by Gasteiger charge is -2.44. The monoisotopic (exact) mass is 454 g/mol. The summed E-state index contributed by atoms with van der Waals surface area (Å²) in [6.07, 6.45) is 3.15. The molecule has 1 aliphatic carbocycles. The van der Waals surface area contributed by atoms with E-state index in [1.807, 2.05) is 35.2 Å². The molecule has 2 atom stereocenters. The maximum atomic E-state index is 13.1. The van der Waals surface area contributed by atoms with E-state index in [0.29, 0.717) is 37.4 Å². The molecule has 0 radical (unpaired) electrons. The number of piperazine rings is 1. The number of likely N-dealkylation sites (N-methyl/N-ethyl adjacent to an activating group) is 1. The van der Waals surface area contributed by atoms with Gasteiger partial charge in [0.2, 0.25) is 5.91 Å². The zero-order valence-electron chi connectivity index (χ0n) is 19.8. The fourth-order valence-corrected chi connectivity index (χ4v) is 4.90. The van der Waals surface area contributed by atoms with Gasteiger partial charge < -0.3 is 15.0 Å². The molecular weight excluding hydrogens is 420 g/mol. The molecule has 33 heavy (non-hydrogen) atoms. The Kier molecular flexibility index (Phi) is 7.02. The van der Waals surface area contributed by atoms with Crippen molar-refractivity contribution in [3.05, 3.63) is 47.2 Å². The molecule has 178 valence electrons. The molecule has 1 aromatic carbocycles. The molecule has 0 bridgehead atoms. The highest BCUT2D eigenvalue weighted by Crippen LogP contribution is 2.32. The summed E-state index contributed by atoms with van der Waals surface area (Å²) in [5, 5.41) is 2.95. The van der Waals surface area contributed by atoms with Crippen molar-refractivity contribution in [2.75, 3.05) is 39.8 Å². The van der Waals surface area contributed by atoms with Crippen LogP contribution in [-0.2, 0) is 14.3 Å². The van der Waals surface area contributed by atoms with Crippen LogP contribution in [0.3, 0.4) is 0 Å². The number of urea groups is 1. The number of rotatable bonds is 6. The highest BCUT2D eigenvalue weighted by atomic mass is 16.5. The Bertz CT molecular complexity index is 928. The molecule has 0 unspecified atom stereocenters. The van der Waals surface area contributed by atoms with E-state index >= 15 is 0 Å². The quantitative estimate of drug-likeness (QED) is 0.668. The molecule has 1 saturated carbocycles. The van der Waals surface area contributed by atoms with Gasteiger partial charge in [-0.05, 0) is 32.3 Å². The predicted molar refractivity (Wildman–Crippen MR) is 124 cm³/mol. The standard InChI is InChI=1S/C25H34N4O4/c1-4-33-24(31)21-20(27(3)25(32)26-22(21)18-9-6-5-7-10-18)16-28-13-14-29(17(2)15-28)23(30)19-11-8-12-19/h5-7,9-10,17,19,22H,4,8,11-16H2,1-3H3,(H,26,32)/t17-,22-/m1/s1. The number of carbonyl (C=O) groups excluding carboxylic acids is 3. The minimum absolute atomic E-state index is 0.0890. The van der Waals surface area contributed by atoms with Crippen LogP contribution in [0.5, 0.6) is 0 Å². The van der Waals surface area contributed by atoms with Crippen LogP contribution >= 0.6 is 0 Å². The summed E-state index contributed by atoms with van der Waals surface area (Å²) in [4.78, 5) is 44.4. The first-order valence-corrected chi connectivity index (χ1v) is 11.9. The van der Waals surface area contributed by atoms with E-state index in [0.717, 1.165) is 24.8 Å². The van der Waals surface area contributed by atoms with E-state index in [2.05, 4.69) is 17.1 Å². The molecule has 0 spiro atoms. The fraction of sp³-hybridized carbons (Fsp3) is 0.560. The lowest BCUT2D eigenvalue weighted by atomic mass is 9.84. The van der Waals surface area contributed by atoms with Crippen LogP contribution in [0.4, 0.5) is 4.79 Å². The van der Waals surface area contributed by atoms with Crippen molar-refractivity contribution in [2.45, 2.75) is 45.2 Å². The number of amides is 3. The third kappa shape index (κ3) is 4.76. The fourth-order valence-electron chi connectivity index (χ4n) is 4.90. The SMILES string of the molecule is CCOC(=O)C1=C(CN2CCN(C(=O)C3CCC3)[C@H](C)C2)N(C)C(=O)N[C@@H]1c1ccccc1. The van der Waals surface area contributed by atoms with Crippen molar-refractivity contribution < 1.29 is 19.1 Å². The highest BCUT2D eigenvalue weighted by Gasteiger charge is 2.39. The molecule has 4 rings (SSSR count). The van der Waals surface area contributed by atoms with Gasteiger partial charge in [0.05, 0.1) is 18.2 Å². The number of hydrogen-bond donors (Lipinski definition) is 1. The van der Waals surface area contributed by atoms with Crippen LogP contribution in [0.15, 0.2) is 41.6 Å². The Hall–Kier alpha value is -2.87. The lowest BCUT2D eigenvalue weighted by molar-refractivity contribution is -0.142. The lowest BCUT2D eigenvalue weighted by Crippen LogP contribution is -2.57. The topological polar surface area (TPSA) is 82.2 Å². The summed E-state index contributed by atoms with van der Waals surface area (Å²) in [6, 6.07) is 8.76. The Morgan fingerprint density at radius 1 is 1.15 bits per heavy atom. The zero-order chi connectivity index (χ0) is 23.5. The van der Waals surface area contributed by atoms with Crippen LogP contribution < -0.4 is 5.32 Å². The van der Waals surface area contributed by atoms with Gasteiger partial charge in [0.1, 0.15) is 0 Å². The van der Waals surface area contributed by atoms with Gasteiger partial charge in [-0.15, -0.1) is 0 Å². The van der Waals surface area contributed by atoms with Crippen molar-refractivity contribution in [3.8, 4) is 0 Å². The zero-order valence-corrected chi connectivity index (χ0v) is 19.8. The average molecular weight is 455 g/mol. The molecule has 2 aliphatic heterocycles. The third-order valence-electron chi connectivity index (χ3n) is 7.03. The van der Waals surface area contributed by atoms with E-state index in [4.69, 9.17) is 4.74 Å². The van der Waals surface area contributed by atoms with Crippen LogP contribution in [0.2, 0.25) is 0 Å². The number of carbonyl (C=O) groups is 3. The van der Waals surface area contributed by atoms with E-state index in [-0.39, 0.29) is 30.5 Å². The van der Waals surface area contributed by atoms with Crippen molar-refractivity contribution in [1.82, 2.24) is 20.0 Å². The second-order valence-corrected chi connectivity index (χ2v) is 9.18. The molecular formula is C25H34N4O4. The Labute approximate surface area is 195 Å². The highest BCUT2D eigenvalue weighted by molar-refractivity contribution is 5.95. The second kappa shape index (κ2) is 9.95. The van der Waals surface area contributed by atoms with Gasteiger partial charge in [0, 0.05) is 50.9 Å². The van der Waals surface area contributed by atoms with Crippen LogP contribution in [0.1, 0.15) is 44.7 Å². The van der Waals surface area contributed by atoms with Gasteiger partial charge in [0.15, 0.2) is 0 Å². The second-order valence-electron chi connectivity index (χ2n) is 9.18. The summed E-state index contributed by atoms with van der Waals surface area (Å²) in [5.74, 6) is 0.0510. The maximum Gasteiger partial charge on any atom is 0.338 e. The van der Waals surface area contributed by atoms with Crippen LogP contribution in [0, 0.1) is 5.92 Å². The number of nitrogens with zero attached hydrogens (tertiary/aromatic N) is 3. The number of benzene rings is 1. The summed E-state index contributed by atoms with van der Waals surface area (Å²) in [5.41, 5.74) is 1.95. The third-order valence-corrected chi connectivity index (χ3v) is 7.03. The first kappa shape index (κ1) is 23.3. The maximum absolute atomic E-state index is 13.1. The Balaban J connectivity index is 1.59. The molecule has 8 nitrogen and oxygen atoms in total. The summed E-state index contributed by atoms with van der Waals surface area (Å²) in [6.45, 7) is 6.62. The molecule has 2 fully saturated rings. The Morgan fingerprint density at radius 3 is 2.48 bits per heavy atom. The molecule has 1 aromatic rings. The molecule has 8 heteroatoms. The van der Waals surface area contributed by atoms with E-state index < -0.39 is 12.0 Å². The molecule has 1 N–H and O–H groups in total. The average Bonchev–Trinajstić information content (AvgIpc) is 2.76. The summed E-state index contributed by atoms with van der Waals surface area (Å²) < 4.78 is 5.40. The van der Waals surface area contributed by atoms with E-state index in [1.54, 1.807) is 14.0 Å². The minimum atomic E-state index is -0.567. The van der Waals surface area contributed by atoms with Gasteiger partial charge in [-0.1, -0.05) is 36.8 Å². The number of ether oxygens (including phenoxy) is 1. The van der Waals surface area contributed by atoms with Crippen molar-refractivity contribution >= 4 is 17.9 Å². The summed E-state index contributed by atoms with van der Waals surface area (Å²) in [7, 11) is 1.69.